The third kappa shape index (κ3) is 3.76. The highest BCUT2D eigenvalue weighted by atomic mass is 127. The molecule has 1 aromatic rings. The van der Waals surface area contributed by atoms with Gasteiger partial charge in [0.1, 0.15) is 0 Å². The average Bonchev–Trinajstić information content (AvgIpc) is 2.89. The van der Waals surface area contributed by atoms with E-state index in [2.05, 4.69) is 27.9 Å². The first-order valence-electron chi connectivity index (χ1n) is 6.36. The molecule has 0 aliphatic heterocycles. The summed E-state index contributed by atoms with van der Waals surface area (Å²) in [5.41, 5.74) is 0.692. The maximum Gasteiger partial charge on any atom is 0.251 e. The highest BCUT2D eigenvalue weighted by molar-refractivity contribution is 14.1. The lowest BCUT2D eigenvalue weighted by Crippen LogP contribution is -2.37. The van der Waals surface area contributed by atoms with E-state index >= 15 is 0 Å². The van der Waals surface area contributed by atoms with E-state index < -0.39 is 0 Å². The average molecular weight is 412 g/mol. The molecule has 0 heterocycles. The zero-order valence-corrected chi connectivity index (χ0v) is 14.2. The number of halogens is 3. The lowest BCUT2D eigenvalue weighted by atomic mass is 9.88. The Morgan fingerprint density at radius 2 is 2.05 bits per heavy atom. The van der Waals surface area contributed by atoms with Gasteiger partial charge in [0.05, 0.1) is 5.02 Å². The quantitative estimate of drug-likeness (QED) is 0.574. The molecule has 1 aromatic carbocycles. The van der Waals surface area contributed by atoms with E-state index in [1.54, 1.807) is 12.1 Å². The van der Waals surface area contributed by atoms with Crippen LogP contribution in [0.4, 0.5) is 0 Å². The molecule has 0 aromatic heterocycles. The fraction of sp³-hybridized carbons (Fsp3) is 0.500. The van der Waals surface area contributed by atoms with Gasteiger partial charge >= 0.3 is 0 Å². The van der Waals surface area contributed by atoms with Crippen LogP contribution in [0.25, 0.3) is 0 Å². The minimum atomic E-state index is -0.0744. The van der Waals surface area contributed by atoms with Gasteiger partial charge in [-0.25, -0.2) is 0 Å². The summed E-state index contributed by atoms with van der Waals surface area (Å²) in [6.07, 6.45) is 4.62. The normalized spacial score (nSPS) is 17.4. The van der Waals surface area contributed by atoms with Crippen molar-refractivity contribution < 1.29 is 4.79 Å². The molecule has 19 heavy (non-hydrogen) atoms. The number of benzene rings is 1. The number of alkyl halides is 1. The topological polar surface area (TPSA) is 29.1 Å². The number of amides is 1. The molecule has 0 unspecified atom stereocenters. The Kier molecular flexibility index (Phi) is 5.37. The fourth-order valence-corrected chi connectivity index (χ4v) is 3.37. The number of nitrogens with one attached hydrogen (secondary N) is 1. The molecule has 0 radical (unpaired) electrons. The molecule has 1 fully saturated rings. The molecule has 0 atom stereocenters. The van der Waals surface area contributed by atoms with Gasteiger partial charge in [0.15, 0.2) is 0 Å². The van der Waals surface area contributed by atoms with Crippen molar-refractivity contribution in [3.05, 3.63) is 32.4 Å². The van der Waals surface area contributed by atoms with Crippen molar-refractivity contribution in [1.82, 2.24) is 5.32 Å². The molecule has 0 spiro atoms. The zero-order chi connectivity index (χ0) is 13.9. The van der Waals surface area contributed by atoms with Crippen LogP contribution in [-0.4, -0.2) is 18.3 Å². The monoisotopic (exact) mass is 411 g/mol. The van der Waals surface area contributed by atoms with Gasteiger partial charge < -0.3 is 5.32 Å². The molecule has 0 bridgehead atoms. The lowest BCUT2D eigenvalue weighted by molar-refractivity contribution is 0.0935. The second-order valence-corrected chi connectivity index (χ2v) is 6.99. The van der Waals surface area contributed by atoms with E-state index in [0.29, 0.717) is 23.0 Å². The predicted molar refractivity (Wildman–Crippen MR) is 88.1 cm³/mol. The second-order valence-electron chi connectivity index (χ2n) is 5.15. The third-order valence-corrected chi connectivity index (χ3v) is 5.89. The largest absolute Gasteiger partial charge is 0.351 e. The van der Waals surface area contributed by atoms with Gasteiger partial charge in [0.2, 0.25) is 0 Å². The predicted octanol–water partition coefficient (Wildman–Crippen LogP) is 4.47. The Morgan fingerprint density at radius 3 is 2.63 bits per heavy atom. The maximum absolute atomic E-state index is 12.1. The van der Waals surface area contributed by atoms with Crippen molar-refractivity contribution in [1.29, 1.82) is 0 Å². The Bertz CT molecular complexity index is 473. The van der Waals surface area contributed by atoms with E-state index in [1.165, 1.54) is 12.8 Å². The summed E-state index contributed by atoms with van der Waals surface area (Å²) >= 11 is 14.2. The van der Waals surface area contributed by atoms with E-state index in [-0.39, 0.29) is 11.3 Å². The van der Waals surface area contributed by atoms with Crippen molar-refractivity contribution >= 4 is 51.7 Å². The Morgan fingerprint density at radius 1 is 1.37 bits per heavy atom. The van der Waals surface area contributed by atoms with Gasteiger partial charge in [-0.2, -0.15) is 0 Å². The Balaban J connectivity index is 1.99. The second kappa shape index (κ2) is 6.64. The van der Waals surface area contributed by atoms with Gasteiger partial charge in [-0.3, -0.25) is 4.79 Å². The summed E-state index contributed by atoms with van der Waals surface area (Å²) < 4.78 is 0.948. The molecule has 5 heteroatoms. The lowest BCUT2D eigenvalue weighted by Gasteiger charge is -2.26. The van der Waals surface area contributed by atoms with Crippen LogP contribution in [-0.2, 0) is 0 Å². The van der Waals surface area contributed by atoms with Crippen molar-refractivity contribution in [2.24, 2.45) is 5.41 Å². The molecular weight excluding hydrogens is 396 g/mol. The first-order chi connectivity index (χ1) is 9.06. The molecule has 2 rings (SSSR count). The Hall–Kier alpha value is -0.0000000000000000555. The number of rotatable bonds is 4. The summed E-state index contributed by atoms with van der Waals surface area (Å²) in [6, 6.07) is 5.36. The van der Waals surface area contributed by atoms with Crippen molar-refractivity contribution in [2.45, 2.75) is 25.7 Å². The Labute approximate surface area is 137 Å². The highest BCUT2D eigenvalue weighted by Crippen LogP contribution is 2.38. The van der Waals surface area contributed by atoms with E-state index in [0.717, 1.165) is 16.4 Å². The van der Waals surface area contributed by atoms with Crippen LogP contribution in [0.2, 0.25) is 5.02 Å². The summed E-state index contributed by atoms with van der Waals surface area (Å²) in [4.78, 5) is 12.1. The van der Waals surface area contributed by atoms with Crippen molar-refractivity contribution in [3.8, 4) is 0 Å². The van der Waals surface area contributed by atoms with Gasteiger partial charge in [0.25, 0.3) is 5.91 Å². The minimum Gasteiger partial charge on any atom is -0.351 e. The van der Waals surface area contributed by atoms with Crippen LogP contribution < -0.4 is 5.32 Å². The van der Waals surface area contributed by atoms with Crippen LogP contribution in [0.5, 0.6) is 0 Å². The molecule has 2 nitrogen and oxygen atoms in total. The molecular formula is C14H16Cl2INO. The molecule has 1 aliphatic rings. The van der Waals surface area contributed by atoms with Gasteiger partial charge in [0, 0.05) is 27.0 Å². The summed E-state index contributed by atoms with van der Waals surface area (Å²) in [6.45, 7) is 0.652. The minimum absolute atomic E-state index is 0.0744. The van der Waals surface area contributed by atoms with Crippen LogP contribution in [0.3, 0.4) is 0 Å². The number of hydrogen-bond donors (Lipinski definition) is 1. The summed E-state index contributed by atoms with van der Waals surface area (Å²) in [7, 11) is 0. The number of carbonyl (C=O) groups excluding carboxylic acids is 1. The van der Waals surface area contributed by atoms with Crippen molar-refractivity contribution in [3.63, 3.8) is 0 Å². The van der Waals surface area contributed by atoms with Crippen molar-refractivity contribution in [2.75, 3.05) is 12.4 Å². The van der Waals surface area contributed by atoms with E-state index in [9.17, 15) is 4.79 Å². The fourth-order valence-electron chi connectivity index (χ4n) is 2.49. The summed E-state index contributed by atoms with van der Waals surface area (Å²) in [5, 5.41) is 3.61. The van der Waals surface area contributed by atoms with Crippen LogP contribution in [0, 0.1) is 8.99 Å². The maximum atomic E-state index is 12.1. The molecule has 1 saturated carbocycles. The first-order valence-corrected chi connectivity index (χ1v) is 8.35. The van der Waals surface area contributed by atoms with Gasteiger partial charge in [-0.15, -0.1) is 11.6 Å². The highest BCUT2D eigenvalue weighted by Gasteiger charge is 2.33. The first kappa shape index (κ1) is 15.4. The smallest absolute Gasteiger partial charge is 0.251 e. The van der Waals surface area contributed by atoms with Crippen LogP contribution in [0.15, 0.2) is 18.2 Å². The van der Waals surface area contributed by atoms with Crippen LogP contribution in [0.1, 0.15) is 36.0 Å². The molecule has 0 saturated heterocycles. The molecule has 1 N–H and O–H groups in total. The van der Waals surface area contributed by atoms with Gasteiger partial charge in [-0.1, -0.05) is 24.4 Å². The van der Waals surface area contributed by atoms with Crippen LogP contribution >= 0.6 is 45.8 Å². The SMILES string of the molecule is O=C(NCC1(CCl)CCCC1)c1ccc(I)c(Cl)c1. The van der Waals surface area contributed by atoms with E-state index in [1.807, 2.05) is 6.07 Å². The number of carbonyl (C=O) groups is 1. The molecule has 1 aliphatic carbocycles. The standard InChI is InChI=1S/C14H16Cl2INO/c15-8-14(5-1-2-6-14)9-18-13(19)10-3-4-12(17)11(16)7-10/h3-4,7H,1-2,5-6,8-9H2,(H,18,19). The molecule has 104 valence electrons. The molecule has 1 amide bonds. The third-order valence-electron chi connectivity index (χ3n) is 3.75. The summed E-state index contributed by atoms with van der Waals surface area (Å²) in [5.74, 6) is 0.537. The van der Waals surface area contributed by atoms with Gasteiger partial charge in [-0.05, 0) is 53.6 Å². The zero-order valence-electron chi connectivity index (χ0n) is 10.5. The number of hydrogen-bond acceptors (Lipinski definition) is 1. The van der Waals surface area contributed by atoms with E-state index in [4.69, 9.17) is 23.2 Å².